The zero-order chi connectivity index (χ0) is 19.9. The van der Waals surface area contributed by atoms with E-state index in [9.17, 15) is 22.8 Å². The van der Waals surface area contributed by atoms with Crippen molar-refractivity contribution >= 4 is 50.6 Å². The van der Waals surface area contributed by atoms with E-state index < -0.39 is 23.6 Å². The highest BCUT2D eigenvalue weighted by molar-refractivity contribution is 7.21. The molecule has 3 rings (SSSR count). The number of fused-ring (bicyclic) bond motifs is 1. The fourth-order valence-electron chi connectivity index (χ4n) is 2.52. The van der Waals surface area contributed by atoms with Gasteiger partial charge in [0.15, 0.2) is 0 Å². The van der Waals surface area contributed by atoms with Crippen LogP contribution in [0.1, 0.15) is 31.4 Å². The third kappa shape index (κ3) is 3.65. The van der Waals surface area contributed by atoms with Crippen molar-refractivity contribution in [3.05, 3.63) is 51.1 Å². The largest absolute Gasteiger partial charge is 0.464 e. The number of esters is 1. The van der Waals surface area contributed by atoms with Crippen LogP contribution in [0.4, 0.5) is 18.9 Å². The van der Waals surface area contributed by atoms with E-state index in [0.29, 0.717) is 11.1 Å². The number of nitrogens with one attached hydrogen (secondary N) is 2. The third-order valence-electron chi connectivity index (χ3n) is 3.75. The number of hydrogen-bond acceptors (Lipinski definition) is 4. The molecule has 2 heterocycles. The van der Waals surface area contributed by atoms with Crippen molar-refractivity contribution in [3.8, 4) is 0 Å². The second-order valence-electron chi connectivity index (χ2n) is 5.64. The molecule has 5 nitrogen and oxygen atoms in total. The lowest BCUT2D eigenvalue weighted by molar-refractivity contribution is -0.137. The van der Waals surface area contributed by atoms with Gasteiger partial charge < -0.3 is 15.0 Å². The Morgan fingerprint density at radius 3 is 2.59 bits per heavy atom. The van der Waals surface area contributed by atoms with Crippen molar-refractivity contribution in [3.63, 3.8) is 0 Å². The molecule has 0 saturated carbocycles. The molecular weight excluding hydrogens is 405 g/mol. The first kappa shape index (κ1) is 19.2. The summed E-state index contributed by atoms with van der Waals surface area (Å²) in [6, 6.07) is 4.62. The standard InChI is InChI=1S/C17H12ClF3N2O3S/c1-7-5-10(13(22-7)16(25)26-2)23-15(24)14-12(18)9-4-3-8(17(19,20)21)6-11(9)27-14/h3-6,22H,1-2H3,(H,23,24). The normalized spacial score (nSPS) is 11.6. The van der Waals surface area contributed by atoms with Crippen molar-refractivity contribution in [1.29, 1.82) is 0 Å². The lowest BCUT2D eigenvalue weighted by Gasteiger charge is -2.05. The number of halogens is 4. The summed E-state index contributed by atoms with van der Waals surface area (Å²) in [7, 11) is 1.20. The summed E-state index contributed by atoms with van der Waals surface area (Å²) in [6.45, 7) is 1.69. The van der Waals surface area contributed by atoms with Gasteiger partial charge in [-0.05, 0) is 25.1 Å². The number of anilines is 1. The van der Waals surface area contributed by atoms with Crippen LogP contribution in [0.5, 0.6) is 0 Å². The van der Waals surface area contributed by atoms with Crippen LogP contribution in [-0.4, -0.2) is 24.0 Å². The minimum absolute atomic E-state index is 0.0423. The molecule has 142 valence electrons. The van der Waals surface area contributed by atoms with Crippen molar-refractivity contribution < 1.29 is 27.5 Å². The van der Waals surface area contributed by atoms with E-state index in [2.05, 4.69) is 15.0 Å². The van der Waals surface area contributed by atoms with Gasteiger partial charge in [-0.25, -0.2) is 4.79 Å². The number of H-pyrrole nitrogens is 1. The number of methoxy groups -OCH3 is 1. The summed E-state index contributed by atoms with van der Waals surface area (Å²) in [4.78, 5) is 27.2. The number of alkyl halides is 3. The lowest BCUT2D eigenvalue weighted by Crippen LogP contribution is -2.13. The number of thiophene rings is 1. The first-order valence-corrected chi connectivity index (χ1v) is 8.69. The average molecular weight is 417 g/mol. The average Bonchev–Trinajstić information content (AvgIpc) is 3.13. The molecular formula is C17H12ClF3N2O3S. The lowest BCUT2D eigenvalue weighted by atomic mass is 10.1. The molecule has 0 atom stereocenters. The number of rotatable bonds is 3. The minimum atomic E-state index is -4.49. The van der Waals surface area contributed by atoms with Gasteiger partial charge in [0.05, 0.1) is 23.4 Å². The maximum Gasteiger partial charge on any atom is 0.416 e. The Hall–Kier alpha value is -2.52. The summed E-state index contributed by atoms with van der Waals surface area (Å²) in [5.74, 6) is -1.31. The van der Waals surface area contributed by atoms with Crippen LogP contribution in [0.3, 0.4) is 0 Å². The number of carbonyl (C=O) groups is 2. The second kappa shape index (κ2) is 6.90. The van der Waals surface area contributed by atoms with Gasteiger partial charge in [-0.3, -0.25) is 4.79 Å². The number of benzene rings is 1. The number of hydrogen-bond donors (Lipinski definition) is 2. The monoisotopic (exact) mass is 416 g/mol. The van der Waals surface area contributed by atoms with Gasteiger partial charge in [-0.1, -0.05) is 17.7 Å². The number of amides is 1. The Morgan fingerprint density at radius 1 is 1.26 bits per heavy atom. The molecule has 2 aromatic heterocycles. The van der Waals surface area contributed by atoms with Crippen LogP contribution in [0.25, 0.3) is 10.1 Å². The van der Waals surface area contributed by atoms with E-state index >= 15 is 0 Å². The molecule has 0 unspecified atom stereocenters. The van der Waals surface area contributed by atoms with Crippen LogP contribution in [0, 0.1) is 6.92 Å². The van der Waals surface area contributed by atoms with E-state index in [0.717, 1.165) is 23.5 Å². The highest BCUT2D eigenvalue weighted by Crippen LogP contribution is 2.39. The molecule has 0 bridgehead atoms. The third-order valence-corrected chi connectivity index (χ3v) is 5.41. The van der Waals surface area contributed by atoms with Crippen LogP contribution < -0.4 is 5.32 Å². The molecule has 1 aromatic carbocycles. The predicted octanol–water partition coefficient (Wildman–Crippen LogP) is 5.25. The first-order valence-electron chi connectivity index (χ1n) is 7.50. The Balaban J connectivity index is 1.97. The number of aryl methyl sites for hydroxylation is 1. The molecule has 1 amide bonds. The molecule has 0 saturated heterocycles. The number of ether oxygens (including phenoxy) is 1. The topological polar surface area (TPSA) is 71.2 Å². The van der Waals surface area contributed by atoms with Gasteiger partial charge >= 0.3 is 12.1 Å². The molecule has 0 fully saturated rings. The highest BCUT2D eigenvalue weighted by atomic mass is 35.5. The van der Waals surface area contributed by atoms with Crippen molar-refractivity contribution in [2.45, 2.75) is 13.1 Å². The van der Waals surface area contributed by atoms with Gasteiger partial charge in [0, 0.05) is 15.8 Å². The maximum absolute atomic E-state index is 12.9. The fourth-order valence-corrected chi connectivity index (χ4v) is 3.97. The van der Waals surface area contributed by atoms with Crippen molar-refractivity contribution in [2.75, 3.05) is 12.4 Å². The van der Waals surface area contributed by atoms with Crippen LogP contribution in [0.2, 0.25) is 5.02 Å². The molecule has 10 heteroatoms. The molecule has 2 N–H and O–H groups in total. The van der Waals surface area contributed by atoms with Gasteiger partial charge in [0.25, 0.3) is 5.91 Å². The zero-order valence-electron chi connectivity index (χ0n) is 14.0. The molecule has 0 aliphatic carbocycles. The first-order chi connectivity index (χ1) is 12.6. The number of aromatic amines is 1. The van der Waals surface area contributed by atoms with Gasteiger partial charge in [0.1, 0.15) is 10.6 Å². The summed E-state index contributed by atoms with van der Waals surface area (Å²) in [5, 5.41) is 2.94. The van der Waals surface area contributed by atoms with E-state index in [1.165, 1.54) is 19.2 Å². The summed E-state index contributed by atoms with van der Waals surface area (Å²) in [5.41, 5.74) is 0.0332. The summed E-state index contributed by atoms with van der Waals surface area (Å²) < 4.78 is 43.5. The Kier molecular flexibility index (Phi) is 4.92. The minimum Gasteiger partial charge on any atom is -0.464 e. The molecule has 3 aromatic rings. The molecule has 0 aliphatic rings. The van der Waals surface area contributed by atoms with Crippen molar-refractivity contribution in [1.82, 2.24) is 4.98 Å². The SMILES string of the molecule is COC(=O)c1[nH]c(C)cc1NC(=O)c1sc2cc(C(F)(F)F)ccc2c1Cl. The fraction of sp³-hybridized carbons (Fsp3) is 0.176. The zero-order valence-corrected chi connectivity index (χ0v) is 15.5. The number of aromatic nitrogens is 1. The Bertz CT molecular complexity index is 1060. The highest BCUT2D eigenvalue weighted by Gasteiger charge is 2.31. The number of carbonyl (C=O) groups excluding carboxylic acids is 2. The molecule has 0 aliphatic heterocycles. The smallest absolute Gasteiger partial charge is 0.416 e. The van der Waals surface area contributed by atoms with E-state index in [-0.39, 0.29) is 26.0 Å². The van der Waals surface area contributed by atoms with Gasteiger partial charge in [0.2, 0.25) is 0 Å². The summed E-state index contributed by atoms with van der Waals surface area (Å²) >= 11 is 7.03. The van der Waals surface area contributed by atoms with E-state index in [4.69, 9.17) is 11.6 Å². The second-order valence-corrected chi connectivity index (χ2v) is 7.07. The van der Waals surface area contributed by atoms with E-state index in [1.807, 2.05) is 0 Å². The maximum atomic E-state index is 12.9. The van der Waals surface area contributed by atoms with Gasteiger partial charge in [-0.2, -0.15) is 13.2 Å². The van der Waals surface area contributed by atoms with Crippen molar-refractivity contribution in [2.24, 2.45) is 0 Å². The predicted molar refractivity (Wildman–Crippen MR) is 96.7 cm³/mol. The molecule has 0 radical (unpaired) electrons. The van der Waals surface area contributed by atoms with Crippen LogP contribution in [0.15, 0.2) is 24.3 Å². The van der Waals surface area contributed by atoms with E-state index in [1.54, 1.807) is 6.92 Å². The van der Waals surface area contributed by atoms with Crippen LogP contribution in [-0.2, 0) is 10.9 Å². The Morgan fingerprint density at radius 2 is 1.96 bits per heavy atom. The summed E-state index contributed by atoms with van der Waals surface area (Å²) in [6.07, 6.45) is -4.49. The quantitative estimate of drug-likeness (QED) is 0.573. The van der Waals surface area contributed by atoms with Gasteiger partial charge in [-0.15, -0.1) is 11.3 Å². The van der Waals surface area contributed by atoms with Crippen LogP contribution >= 0.6 is 22.9 Å². The molecule has 27 heavy (non-hydrogen) atoms. The Labute approximate surface area is 160 Å². The molecule has 0 spiro atoms.